The first kappa shape index (κ1) is 23.9. The summed E-state index contributed by atoms with van der Waals surface area (Å²) < 4.78 is 14.4. The third-order valence-electron chi connectivity index (χ3n) is 5.08. The molecule has 0 radical (unpaired) electrons. The normalized spacial score (nSPS) is 10.8. The Balaban J connectivity index is 0.000000331. The van der Waals surface area contributed by atoms with E-state index in [-0.39, 0.29) is 5.82 Å². The Morgan fingerprint density at radius 2 is 1.47 bits per heavy atom. The highest BCUT2D eigenvalue weighted by atomic mass is 19.1. The fraction of sp³-hybridized carbons (Fsp3) is 0. The fourth-order valence-electron chi connectivity index (χ4n) is 3.54. The van der Waals surface area contributed by atoms with E-state index >= 15 is 0 Å². The number of carboxylic acids is 2. The van der Waals surface area contributed by atoms with Crippen molar-refractivity contribution in [2.24, 2.45) is 0 Å². The predicted octanol–water partition coefficient (Wildman–Crippen LogP) is 4.34. The molecule has 0 amide bonds. The first-order valence-electron chi connectivity index (χ1n) is 10.5. The van der Waals surface area contributed by atoms with Crippen LogP contribution in [0.1, 0.15) is 0 Å². The first-order valence-corrected chi connectivity index (χ1v) is 10.5. The maximum atomic E-state index is 14.4. The van der Waals surface area contributed by atoms with Crippen LogP contribution in [0.5, 0.6) is 0 Å². The van der Waals surface area contributed by atoms with Crippen LogP contribution in [0.4, 0.5) is 10.2 Å². The van der Waals surface area contributed by atoms with Gasteiger partial charge in [0.25, 0.3) is 0 Å². The van der Waals surface area contributed by atoms with Gasteiger partial charge in [-0.25, -0.2) is 28.9 Å². The number of nitrogen functional groups attached to an aromatic ring is 1. The molecule has 0 atom stereocenters. The lowest BCUT2D eigenvalue weighted by Gasteiger charge is -2.12. The zero-order chi connectivity index (χ0) is 25.7. The maximum absolute atomic E-state index is 14.4. The van der Waals surface area contributed by atoms with Gasteiger partial charge in [0.1, 0.15) is 11.6 Å². The van der Waals surface area contributed by atoms with E-state index in [0.717, 1.165) is 27.4 Å². The van der Waals surface area contributed by atoms with Crippen molar-refractivity contribution in [2.45, 2.75) is 0 Å². The van der Waals surface area contributed by atoms with Gasteiger partial charge in [0, 0.05) is 58.0 Å². The van der Waals surface area contributed by atoms with E-state index < -0.39 is 11.9 Å². The first-order chi connectivity index (χ1) is 17.3. The summed E-state index contributed by atoms with van der Waals surface area (Å²) in [5.41, 5.74) is 9.02. The van der Waals surface area contributed by atoms with Gasteiger partial charge in [0.2, 0.25) is 0 Å². The molecule has 4 aromatic heterocycles. The topological polar surface area (TPSA) is 152 Å². The van der Waals surface area contributed by atoms with Crippen molar-refractivity contribution in [3.8, 4) is 22.5 Å². The van der Waals surface area contributed by atoms with Crippen LogP contribution in [0.25, 0.3) is 44.3 Å². The summed E-state index contributed by atoms with van der Waals surface area (Å²) in [6.45, 7) is 0. The SMILES string of the molecule is Nc1nccc2c(-c3cc(-c4ccccc4F)nc4ncccc34)nccc12.O=C(O)/C=C\C(=O)O. The quantitative estimate of drug-likeness (QED) is 0.317. The number of benzene rings is 1. The third kappa shape index (κ3) is 5.12. The number of fused-ring (bicyclic) bond motifs is 2. The monoisotopic (exact) mass is 483 g/mol. The van der Waals surface area contributed by atoms with Crippen molar-refractivity contribution in [1.82, 2.24) is 19.9 Å². The van der Waals surface area contributed by atoms with Crippen LogP contribution in [0.3, 0.4) is 0 Å². The zero-order valence-corrected chi connectivity index (χ0v) is 18.5. The van der Waals surface area contributed by atoms with Gasteiger partial charge in [-0.05, 0) is 42.5 Å². The molecule has 5 rings (SSSR count). The van der Waals surface area contributed by atoms with E-state index in [1.165, 1.54) is 6.07 Å². The number of aromatic nitrogens is 4. The predicted molar refractivity (Wildman–Crippen MR) is 132 cm³/mol. The van der Waals surface area contributed by atoms with E-state index in [1.807, 2.05) is 30.3 Å². The summed E-state index contributed by atoms with van der Waals surface area (Å²) in [7, 11) is 0. The summed E-state index contributed by atoms with van der Waals surface area (Å²) >= 11 is 0. The number of carbonyl (C=O) groups is 2. The van der Waals surface area contributed by atoms with Gasteiger partial charge in [-0.1, -0.05) is 12.1 Å². The van der Waals surface area contributed by atoms with Gasteiger partial charge in [0.05, 0.1) is 11.4 Å². The van der Waals surface area contributed by atoms with Crippen LogP contribution in [-0.2, 0) is 9.59 Å². The van der Waals surface area contributed by atoms with Crippen LogP contribution >= 0.6 is 0 Å². The van der Waals surface area contributed by atoms with Crippen molar-refractivity contribution < 1.29 is 24.2 Å². The van der Waals surface area contributed by atoms with Gasteiger partial charge in [-0.15, -0.1) is 0 Å². The van der Waals surface area contributed by atoms with Crippen molar-refractivity contribution in [1.29, 1.82) is 0 Å². The zero-order valence-electron chi connectivity index (χ0n) is 18.5. The smallest absolute Gasteiger partial charge is 0.328 e. The Morgan fingerprint density at radius 3 is 2.19 bits per heavy atom. The van der Waals surface area contributed by atoms with Gasteiger partial charge in [0.15, 0.2) is 5.65 Å². The Bertz CT molecular complexity index is 1620. The molecule has 178 valence electrons. The molecule has 1 aromatic carbocycles. The van der Waals surface area contributed by atoms with Crippen LogP contribution in [0.2, 0.25) is 0 Å². The second kappa shape index (κ2) is 10.3. The second-order valence-corrected chi connectivity index (χ2v) is 7.37. The number of pyridine rings is 4. The lowest BCUT2D eigenvalue weighted by molar-refractivity contribution is -0.134. The number of nitrogens with zero attached hydrogens (tertiary/aromatic N) is 4. The van der Waals surface area contributed by atoms with Crippen molar-refractivity contribution in [3.05, 3.63) is 91.2 Å². The highest BCUT2D eigenvalue weighted by Crippen LogP contribution is 2.35. The Morgan fingerprint density at radius 1 is 0.778 bits per heavy atom. The molecule has 9 nitrogen and oxygen atoms in total. The van der Waals surface area contributed by atoms with Gasteiger partial charge < -0.3 is 15.9 Å². The molecular formula is C26H18FN5O4. The molecule has 0 bridgehead atoms. The summed E-state index contributed by atoms with van der Waals surface area (Å²) in [5, 5.41) is 18.1. The van der Waals surface area contributed by atoms with Gasteiger partial charge in [-0.2, -0.15) is 0 Å². The Hall–Kier alpha value is -5.25. The number of hydrogen-bond donors (Lipinski definition) is 3. The number of anilines is 1. The summed E-state index contributed by atoms with van der Waals surface area (Å²) in [4.78, 5) is 36.8. The summed E-state index contributed by atoms with van der Waals surface area (Å²) in [5.74, 6) is -2.41. The number of nitrogens with two attached hydrogens (primary N) is 1. The number of aliphatic carboxylic acids is 2. The van der Waals surface area contributed by atoms with Crippen molar-refractivity contribution in [3.63, 3.8) is 0 Å². The minimum Gasteiger partial charge on any atom is -0.478 e. The molecule has 0 aliphatic rings. The average molecular weight is 483 g/mol. The maximum Gasteiger partial charge on any atom is 0.328 e. The average Bonchev–Trinajstić information content (AvgIpc) is 2.87. The molecule has 5 aromatic rings. The van der Waals surface area contributed by atoms with Crippen LogP contribution in [-0.4, -0.2) is 42.1 Å². The summed E-state index contributed by atoms with van der Waals surface area (Å²) in [6, 6.07) is 15.9. The molecule has 4 heterocycles. The molecular weight excluding hydrogens is 465 g/mol. The highest BCUT2D eigenvalue weighted by Gasteiger charge is 2.16. The Kier molecular flexibility index (Phi) is 6.87. The molecule has 10 heteroatoms. The van der Waals surface area contributed by atoms with E-state index in [9.17, 15) is 14.0 Å². The molecule has 0 spiro atoms. The molecule has 36 heavy (non-hydrogen) atoms. The molecule has 0 unspecified atom stereocenters. The highest BCUT2D eigenvalue weighted by molar-refractivity contribution is 6.05. The molecule has 0 fully saturated rings. The number of carboxylic acid groups (broad SMARTS) is 2. The van der Waals surface area contributed by atoms with Crippen molar-refractivity contribution >= 4 is 39.6 Å². The van der Waals surface area contributed by atoms with Crippen LogP contribution in [0.15, 0.2) is 85.3 Å². The summed E-state index contributed by atoms with van der Waals surface area (Å²) in [6.07, 6.45) is 6.14. The molecule has 0 saturated heterocycles. The third-order valence-corrected chi connectivity index (χ3v) is 5.08. The fourth-order valence-corrected chi connectivity index (χ4v) is 3.54. The second-order valence-electron chi connectivity index (χ2n) is 7.37. The van der Waals surface area contributed by atoms with Crippen molar-refractivity contribution in [2.75, 3.05) is 5.73 Å². The number of rotatable bonds is 4. The lowest BCUT2D eigenvalue weighted by atomic mass is 9.99. The van der Waals surface area contributed by atoms with Crippen LogP contribution < -0.4 is 5.73 Å². The largest absolute Gasteiger partial charge is 0.478 e. The van der Waals surface area contributed by atoms with E-state index in [4.69, 9.17) is 15.9 Å². The van der Waals surface area contributed by atoms with Gasteiger partial charge >= 0.3 is 11.9 Å². The molecule has 0 aliphatic carbocycles. The van der Waals surface area contributed by atoms with E-state index in [2.05, 4.69) is 19.9 Å². The van der Waals surface area contributed by atoms with Gasteiger partial charge in [-0.3, -0.25) is 4.98 Å². The Labute approximate surface area is 203 Å². The number of halogens is 1. The standard InChI is InChI=1S/C22H14FN5.C4H4O4/c23-18-6-2-1-4-16(18)19-12-17(15-5-3-9-27-22(15)28-19)20-13-7-11-26-21(24)14(13)8-10-25-20;5-3(6)1-2-4(7)8/h1-12H,(H2,24,26);1-2H,(H,5,6)(H,7,8)/b;2-1-. The van der Waals surface area contributed by atoms with E-state index in [0.29, 0.717) is 34.9 Å². The minimum atomic E-state index is -1.26. The van der Waals surface area contributed by atoms with Crippen LogP contribution in [0, 0.1) is 5.82 Å². The molecule has 0 saturated carbocycles. The minimum absolute atomic E-state index is 0.337. The van der Waals surface area contributed by atoms with E-state index in [1.54, 1.807) is 36.8 Å². The number of hydrogen-bond acceptors (Lipinski definition) is 7. The lowest BCUT2D eigenvalue weighted by Crippen LogP contribution is -1.97. The molecule has 4 N–H and O–H groups in total. The molecule has 0 aliphatic heterocycles.